The molecule has 2 aromatic rings. The number of carbonyl (C=O) groups is 5. The summed E-state index contributed by atoms with van der Waals surface area (Å²) in [5.41, 5.74) is 5.46. The molecule has 11 nitrogen and oxygen atoms in total. The quantitative estimate of drug-likeness (QED) is 0.327. The molecule has 0 bridgehead atoms. The number of fused-ring (bicyclic) bond motifs is 4. The lowest BCUT2D eigenvalue weighted by Gasteiger charge is -2.55. The van der Waals surface area contributed by atoms with Gasteiger partial charge in [-0.1, -0.05) is 24.3 Å². The van der Waals surface area contributed by atoms with Gasteiger partial charge >= 0.3 is 0 Å². The number of likely N-dealkylation sites (N-methyl/N-ethyl adjacent to an activating group) is 1. The third kappa shape index (κ3) is 4.54. The van der Waals surface area contributed by atoms with Crippen molar-refractivity contribution in [2.45, 2.75) is 44.0 Å². The number of carbonyl (C=O) groups excluding carboxylic acids is 5. The predicted octanol–water partition coefficient (Wildman–Crippen LogP) is 1.44. The number of primary amides is 1. The number of anilines is 1. The van der Waals surface area contributed by atoms with Crippen molar-refractivity contribution in [3.8, 4) is 5.75 Å². The summed E-state index contributed by atoms with van der Waals surface area (Å²) >= 11 is 0. The van der Waals surface area contributed by atoms with Crippen molar-refractivity contribution in [2.75, 3.05) is 33.1 Å². The van der Waals surface area contributed by atoms with Crippen LogP contribution >= 0.6 is 0 Å². The van der Waals surface area contributed by atoms with Gasteiger partial charge in [0.15, 0.2) is 17.3 Å². The fraction of sp³-hybridized carbons (Fsp3) is 0.469. The Labute approximate surface area is 253 Å². The normalized spacial score (nSPS) is 29.6. The Hall–Kier alpha value is -4.00. The number of nitrogens with one attached hydrogen (secondary N) is 1. The summed E-state index contributed by atoms with van der Waals surface area (Å²) in [7, 11) is 4.61. The molecule has 3 aliphatic carbocycles. The van der Waals surface area contributed by atoms with E-state index in [9.17, 15) is 29.1 Å². The fourth-order valence-corrected chi connectivity index (χ4v) is 8.05. The number of benzene rings is 2. The van der Waals surface area contributed by atoms with E-state index in [-0.39, 0.29) is 42.6 Å². The number of ether oxygens (including phenoxy) is 1. The van der Waals surface area contributed by atoms with E-state index in [2.05, 4.69) is 5.32 Å². The molecule has 6 unspecified atom stereocenters. The lowest BCUT2D eigenvalue weighted by Crippen LogP contribution is -2.70. The number of hydrogen-bond donors (Lipinski definition) is 3. The second-order valence-electron chi connectivity index (χ2n) is 12.6. The van der Waals surface area contributed by atoms with Crippen molar-refractivity contribution in [1.29, 1.82) is 0 Å². The van der Waals surface area contributed by atoms with E-state index in [1.54, 1.807) is 19.0 Å². The van der Waals surface area contributed by atoms with Crippen LogP contribution in [0.1, 0.15) is 39.9 Å². The van der Waals surface area contributed by atoms with E-state index in [4.69, 9.17) is 10.5 Å². The number of Topliss-reactive ketones (excluding diaryl/α,β-unsaturated/α-hetero) is 3. The number of ketones is 3. The number of aromatic hydroxyl groups is 1. The summed E-state index contributed by atoms with van der Waals surface area (Å²) < 4.78 is 21.4. The van der Waals surface area contributed by atoms with E-state index in [1.165, 1.54) is 7.11 Å². The van der Waals surface area contributed by atoms with Crippen LogP contribution < -0.4 is 11.1 Å². The number of rotatable bonds is 6. The van der Waals surface area contributed by atoms with Gasteiger partial charge in [0, 0.05) is 44.2 Å². The Bertz CT molecular complexity index is 1580. The summed E-state index contributed by atoms with van der Waals surface area (Å²) in [6, 6.07) is 7.93. The Kier molecular flexibility index (Phi) is 7.42. The van der Waals surface area contributed by atoms with Crippen LogP contribution in [0.4, 0.5) is 10.1 Å². The largest absolute Gasteiger partial charge is 0.505 e. The third-order valence-corrected chi connectivity index (χ3v) is 10.0. The lowest BCUT2D eigenvalue weighted by atomic mass is 9.52. The summed E-state index contributed by atoms with van der Waals surface area (Å²) in [5, 5.41) is 13.7. The van der Waals surface area contributed by atoms with Gasteiger partial charge in [0.25, 0.3) is 0 Å². The predicted molar refractivity (Wildman–Crippen MR) is 155 cm³/mol. The SMILES string of the molecule is COC12CC(C(N)=O)C(=O)C(N(C)C)C1CC1Cc3c(F)cc(NC(=O)CN4Cc5ccccc5C4)c(O)c3C(=O)C1C2=O. The van der Waals surface area contributed by atoms with Crippen molar-refractivity contribution < 1.29 is 38.2 Å². The Morgan fingerprint density at radius 2 is 1.84 bits per heavy atom. The van der Waals surface area contributed by atoms with Crippen LogP contribution in [-0.4, -0.2) is 83.5 Å². The Morgan fingerprint density at radius 1 is 1.18 bits per heavy atom. The minimum absolute atomic E-state index is 0.0194. The van der Waals surface area contributed by atoms with Gasteiger partial charge in [0.1, 0.15) is 23.1 Å². The van der Waals surface area contributed by atoms with Crippen LogP contribution in [0, 0.1) is 29.5 Å². The first kappa shape index (κ1) is 30.0. The molecule has 0 spiro atoms. The van der Waals surface area contributed by atoms with Crippen molar-refractivity contribution in [2.24, 2.45) is 29.4 Å². The number of halogens is 1. The minimum Gasteiger partial charge on any atom is -0.505 e. The number of hydrogen-bond acceptors (Lipinski definition) is 9. The van der Waals surface area contributed by atoms with Crippen LogP contribution in [0.5, 0.6) is 5.75 Å². The molecule has 1 aliphatic heterocycles. The van der Waals surface area contributed by atoms with Gasteiger partial charge in [0.2, 0.25) is 11.8 Å². The molecule has 6 atom stereocenters. The summed E-state index contributed by atoms with van der Waals surface area (Å²) in [6.07, 6.45) is -0.168. The smallest absolute Gasteiger partial charge is 0.238 e. The molecule has 44 heavy (non-hydrogen) atoms. The standard InChI is InChI=1S/C32H35FN4O7/c1-36(2)26-20-9-17-8-18-21(33)10-22(35-23(38)14-37-12-15-6-4-5-7-16(15)13-37)28(40)25(18)29(41)24(17)30(42)32(20,44-3)11-19(27(26)39)31(34)43/h4-7,10,17,19-20,24,26,40H,8-9,11-14H2,1-3H3,(H2,34,43)(H,35,38). The molecule has 4 aliphatic rings. The molecule has 0 radical (unpaired) electrons. The van der Waals surface area contributed by atoms with Crippen molar-refractivity contribution >= 4 is 34.9 Å². The van der Waals surface area contributed by atoms with Crippen LogP contribution in [0.15, 0.2) is 30.3 Å². The summed E-state index contributed by atoms with van der Waals surface area (Å²) in [6.45, 7) is 1.11. The number of nitrogens with two attached hydrogens (primary N) is 1. The van der Waals surface area contributed by atoms with E-state index >= 15 is 4.39 Å². The molecule has 2 amide bonds. The van der Waals surface area contributed by atoms with E-state index in [1.807, 2.05) is 29.2 Å². The molecule has 2 saturated carbocycles. The zero-order valence-corrected chi connectivity index (χ0v) is 24.8. The summed E-state index contributed by atoms with van der Waals surface area (Å²) in [4.78, 5) is 70.4. The van der Waals surface area contributed by atoms with Crippen LogP contribution in [0.3, 0.4) is 0 Å². The molecule has 6 rings (SSSR count). The highest BCUT2D eigenvalue weighted by molar-refractivity contribution is 6.18. The lowest BCUT2D eigenvalue weighted by molar-refractivity contribution is -0.182. The fourth-order valence-electron chi connectivity index (χ4n) is 8.05. The average molecular weight is 607 g/mol. The van der Waals surface area contributed by atoms with E-state index in [0.29, 0.717) is 13.1 Å². The maximum Gasteiger partial charge on any atom is 0.238 e. The first-order chi connectivity index (χ1) is 20.9. The molecule has 12 heteroatoms. The van der Waals surface area contributed by atoms with Crippen molar-refractivity contribution in [3.05, 3.63) is 58.4 Å². The maximum atomic E-state index is 15.6. The monoisotopic (exact) mass is 606 g/mol. The van der Waals surface area contributed by atoms with Crippen molar-refractivity contribution in [1.82, 2.24) is 9.80 Å². The van der Waals surface area contributed by atoms with Gasteiger partial charge in [-0.05, 0) is 44.0 Å². The number of phenolic OH excluding ortho intramolecular Hbond substituents is 1. The van der Waals surface area contributed by atoms with E-state index < -0.39 is 76.0 Å². The molecular weight excluding hydrogens is 571 g/mol. The highest BCUT2D eigenvalue weighted by Gasteiger charge is 2.65. The minimum atomic E-state index is -1.66. The Morgan fingerprint density at radius 3 is 2.43 bits per heavy atom. The molecule has 4 N–H and O–H groups in total. The van der Waals surface area contributed by atoms with Gasteiger partial charge in [-0.15, -0.1) is 0 Å². The van der Waals surface area contributed by atoms with Crippen molar-refractivity contribution in [3.63, 3.8) is 0 Å². The number of nitrogens with zero attached hydrogens (tertiary/aromatic N) is 2. The Balaban J connectivity index is 1.30. The van der Waals surface area contributed by atoms with Gasteiger partial charge in [0.05, 0.1) is 29.8 Å². The molecule has 0 aromatic heterocycles. The van der Waals surface area contributed by atoms with Crippen LogP contribution in [-0.2, 0) is 43.4 Å². The van der Waals surface area contributed by atoms with Gasteiger partial charge < -0.3 is 20.9 Å². The highest BCUT2D eigenvalue weighted by Crippen LogP contribution is 2.53. The number of amides is 2. The zero-order valence-electron chi connectivity index (χ0n) is 24.8. The first-order valence-electron chi connectivity index (χ1n) is 14.6. The average Bonchev–Trinajstić information content (AvgIpc) is 3.37. The second kappa shape index (κ2) is 10.9. The number of methoxy groups -OCH3 is 1. The summed E-state index contributed by atoms with van der Waals surface area (Å²) in [5.74, 6) is -8.57. The molecular formula is C32H35FN4O7. The van der Waals surface area contributed by atoms with E-state index in [0.717, 1.165) is 17.2 Å². The zero-order chi connectivity index (χ0) is 31.7. The van der Waals surface area contributed by atoms with Crippen LogP contribution in [0.25, 0.3) is 0 Å². The molecule has 0 saturated heterocycles. The van der Waals surface area contributed by atoms with Gasteiger partial charge in [-0.2, -0.15) is 0 Å². The maximum absolute atomic E-state index is 15.6. The molecule has 1 heterocycles. The molecule has 2 fully saturated rings. The van der Waals surface area contributed by atoms with Crippen LogP contribution in [0.2, 0.25) is 0 Å². The second-order valence-corrected chi connectivity index (χ2v) is 12.6. The molecule has 2 aromatic carbocycles. The first-order valence-corrected chi connectivity index (χ1v) is 14.6. The highest BCUT2D eigenvalue weighted by atomic mass is 19.1. The van der Waals surface area contributed by atoms with Gasteiger partial charge in [-0.3, -0.25) is 33.8 Å². The number of phenols is 1. The molecule has 232 valence electrons. The van der Waals surface area contributed by atoms with Gasteiger partial charge in [-0.25, -0.2) is 4.39 Å². The topological polar surface area (TPSA) is 159 Å². The third-order valence-electron chi connectivity index (χ3n) is 10.0.